The Morgan fingerprint density at radius 3 is 3.05 bits per heavy atom. The lowest BCUT2D eigenvalue weighted by atomic mass is 10.2. The Balaban J connectivity index is 1.56. The summed E-state index contributed by atoms with van der Waals surface area (Å²) in [5, 5.41) is 3.48. The van der Waals surface area contributed by atoms with Gasteiger partial charge in [0, 0.05) is 19.6 Å². The number of hydrogen-bond donors (Lipinski definition) is 1. The average Bonchev–Trinajstić information content (AvgIpc) is 2.96. The number of hydrogen-bond acceptors (Lipinski definition) is 3. The van der Waals surface area contributed by atoms with Crippen molar-refractivity contribution < 1.29 is 14.3 Å². The maximum Gasteiger partial charge on any atom is 0.220 e. The van der Waals surface area contributed by atoms with E-state index in [2.05, 4.69) is 5.32 Å². The fourth-order valence-corrected chi connectivity index (χ4v) is 2.29. The topological polar surface area (TPSA) is 47.6 Å². The first kappa shape index (κ1) is 15.1. The number of carbonyl (C=O) groups is 1. The molecule has 0 aliphatic carbocycles. The maximum absolute atomic E-state index is 11.6. The Labute approximate surface area is 124 Å². The molecule has 1 aromatic carbocycles. The molecule has 2 rings (SSSR count). The van der Waals surface area contributed by atoms with Gasteiger partial charge in [-0.05, 0) is 31.4 Å². The van der Waals surface area contributed by atoms with Crippen LogP contribution in [-0.4, -0.2) is 31.8 Å². The highest BCUT2D eigenvalue weighted by Gasteiger charge is 2.15. The lowest BCUT2D eigenvalue weighted by Gasteiger charge is -2.11. The molecule has 1 atom stereocenters. The first-order valence-corrected chi connectivity index (χ1v) is 7.39. The van der Waals surface area contributed by atoms with Gasteiger partial charge in [0.05, 0.1) is 17.7 Å². The molecule has 0 unspecified atom stereocenters. The smallest absolute Gasteiger partial charge is 0.220 e. The quantitative estimate of drug-likeness (QED) is 0.787. The van der Waals surface area contributed by atoms with Crippen molar-refractivity contribution in [2.24, 2.45) is 0 Å². The molecule has 5 heteroatoms. The third-order valence-electron chi connectivity index (χ3n) is 3.19. The lowest BCUT2D eigenvalue weighted by molar-refractivity contribution is -0.121. The van der Waals surface area contributed by atoms with Crippen LogP contribution in [0.1, 0.15) is 25.7 Å². The highest BCUT2D eigenvalue weighted by molar-refractivity contribution is 6.32. The summed E-state index contributed by atoms with van der Waals surface area (Å²) in [5.74, 6) is 0.706. The van der Waals surface area contributed by atoms with E-state index in [1.165, 1.54) is 0 Å². The number of halogens is 1. The van der Waals surface area contributed by atoms with Crippen molar-refractivity contribution in [2.75, 3.05) is 19.8 Å². The second-order valence-electron chi connectivity index (χ2n) is 4.82. The van der Waals surface area contributed by atoms with Crippen molar-refractivity contribution in [3.05, 3.63) is 29.3 Å². The molecule has 0 aromatic heterocycles. The van der Waals surface area contributed by atoms with Crippen LogP contribution in [0, 0.1) is 0 Å². The van der Waals surface area contributed by atoms with Crippen LogP contribution in [0.3, 0.4) is 0 Å². The van der Waals surface area contributed by atoms with Crippen LogP contribution in [0.2, 0.25) is 5.02 Å². The van der Waals surface area contributed by atoms with Gasteiger partial charge in [0.25, 0.3) is 0 Å². The summed E-state index contributed by atoms with van der Waals surface area (Å²) in [5.41, 5.74) is 0. The molecule has 4 nitrogen and oxygen atoms in total. The highest BCUT2D eigenvalue weighted by Crippen LogP contribution is 2.23. The van der Waals surface area contributed by atoms with Gasteiger partial charge in [-0.1, -0.05) is 23.7 Å². The van der Waals surface area contributed by atoms with Gasteiger partial charge < -0.3 is 14.8 Å². The molecule has 1 aliphatic heterocycles. The minimum atomic E-state index is 0.0447. The van der Waals surface area contributed by atoms with E-state index in [0.29, 0.717) is 36.8 Å². The Morgan fingerprint density at radius 2 is 2.30 bits per heavy atom. The normalized spacial score (nSPS) is 17.9. The fourth-order valence-electron chi connectivity index (χ4n) is 2.10. The minimum Gasteiger partial charge on any atom is -0.492 e. The average molecular weight is 298 g/mol. The van der Waals surface area contributed by atoms with Gasteiger partial charge in [-0.25, -0.2) is 0 Å². The van der Waals surface area contributed by atoms with Crippen LogP contribution in [-0.2, 0) is 9.53 Å². The van der Waals surface area contributed by atoms with Crippen molar-refractivity contribution in [1.29, 1.82) is 0 Å². The summed E-state index contributed by atoms with van der Waals surface area (Å²) in [4.78, 5) is 11.6. The number of ether oxygens (including phenoxy) is 2. The molecule has 1 saturated heterocycles. The molecule has 1 aliphatic rings. The largest absolute Gasteiger partial charge is 0.492 e. The van der Waals surface area contributed by atoms with Crippen molar-refractivity contribution in [2.45, 2.75) is 31.8 Å². The van der Waals surface area contributed by atoms with Crippen molar-refractivity contribution in [3.63, 3.8) is 0 Å². The molecule has 0 bridgehead atoms. The van der Waals surface area contributed by atoms with E-state index < -0.39 is 0 Å². The zero-order chi connectivity index (χ0) is 14.2. The molecule has 1 amide bonds. The number of para-hydroxylation sites is 1. The molecule has 1 N–H and O–H groups in total. The van der Waals surface area contributed by atoms with Gasteiger partial charge in [0.1, 0.15) is 5.75 Å². The third kappa shape index (κ3) is 5.02. The summed E-state index contributed by atoms with van der Waals surface area (Å²) >= 11 is 5.97. The first-order valence-electron chi connectivity index (χ1n) is 7.01. The zero-order valence-electron chi connectivity index (χ0n) is 11.4. The Kier molecular flexibility index (Phi) is 6.15. The first-order chi connectivity index (χ1) is 9.75. The summed E-state index contributed by atoms with van der Waals surface area (Å²) in [7, 11) is 0. The molecule has 1 heterocycles. The Hall–Kier alpha value is -1.26. The maximum atomic E-state index is 11.6. The fraction of sp³-hybridized carbons (Fsp3) is 0.533. The van der Waals surface area contributed by atoms with Crippen LogP contribution in [0.4, 0.5) is 0 Å². The second kappa shape index (κ2) is 8.12. The molecule has 0 saturated carbocycles. The van der Waals surface area contributed by atoms with E-state index in [1.54, 1.807) is 6.07 Å². The van der Waals surface area contributed by atoms with Gasteiger partial charge in [-0.2, -0.15) is 0 Å². The van der Waals surface area contributed by atoms with E-state index in [4.69, 9.17) is 21.1 Å². The summed E-state index contributed by atoms with van der Waals surface area (Å²) < 4.78 is 11.0. The number of nitrogens with one attached hydrogen (secondary N) is 1. The van der Waals surface area contributed by atoms with Crippen LogP contribution >= 0.6 is 11.6 Å². The van der Waals surface area contributed by atoms with E-state index in [1.807, 2.05) is 18.2 Å². The molecule has 0 spiro atoms. The summed E-state index contributed by atoms with van der Waals surface area (Å²) in [6, 6.07) is 7.33. The second-order valence-corrected chi connectivity index (χ2v) is 5.23. The standard InChI is InChI=1S/C15H20ClNO3/c16-13-6-1-2-7-14(13)20-10-4-8-15(18)17-11-12-5-3-9-19-12/h1-2,6-7,12H,3-5,8-11H2,(H,17,18)/t12-/m0/s1. The zero-order valence-corrected chi connectivity index (χ0v) is 12.2. The lowest BCUT2D eigenvalue weighted by Crippen LogP contribution is -2.31. The van der Waals surface area contributed by atoms with Gasteiger partial charge >= 0.3 is 0 Å². The SMILES string of the molecule is O=C(CCCOc1ccccc1Cl)NC[C@@H]1CCCO1. The molecule has 1 fully saturated rings. The predicted octanol–water partition coefficient (Wildman–Crippen LogP) is 2.79. The summed E-state index contributed by atoms with van der Waals surface area (Å²) in [6.07, 6.45) is 3.44. The van der Waals surface area contributed by atoms with Gasteiger partial charge in [0.2, 0.25) is 5.91 Å². The third-order valence-corrected chi connectivity index (χ3v) is 3.51. The molecule has 20 heavy (non-hydrogen) atoms. The van der Waals surface area contributed by atoms with Gasteiger partial charge in [0.15, 0.2) is 0 Å². The summed E-state index contributed by atoms with van der Waals surface area (Å²) in [6.45, 7) is 1.91. The van der Waals surface area contributed by atoms with Gasteiger partial charge in [-0.3, -0.25) is 4.79 Å². The molecule has 1 aromatic rings. The van der Waals surface area contributed by atoms with E-state index in [0.717, 1.165) is 19.4 Å². The molecular formula is C15H20ClNO3. The Morgan fingerprint density at radius 1 is 1.45 bits per heavy atom. The number of amides is 1. The molecule has 110 valence electrons. The van der Waals surface area contributed by atoms with Crippen LogP contribution in [0.5, 0.6) is 5.75 Å². The number of benzene rings is 1. The van der Waals surface area contributed by atoms with E-state index >= 15 is 0 Å². The molecular weight excluding hydrogens is 278 g/mol. The van der Waals surface area contributed by atoms with Crippen molar-refractivity contribution in [1.82, 2.24) is 5.32 Å². The van der Waals surface area contributed by atoms with Gasteiger partial charge in [-0.15, -0.1) is 0 Å². The Bertz CT molecular complexity index is 433. The van der Waals surface area contributed by atoms with Crippen molar-refractivity contribution in [3.8, 4) is 5.75 Å². The number of carbonyl (C=O) groups excluding carboxylic acids is 1. The number of rotatable bonds is 7. The highest BCUT2D eigenvalue weighted by atomic mass is 35.5. The van der Waals surface area contributed by atoms with Crippen LogP contribution in [0.25, 0.3) is 0 Å². The minimum absolute atomic E-state index is 0.0447. The molecule has 0 radical (unpaired) electrons. The monoisotopic (exact) mass is 297 g/mol. The van der Waals surface area contributed by atoms with E-state index in [9.17, 15) is 4.79 Å². The van der Waals surface area contributed by atoms with E-state index in [-0.39, 0.29) is 12.0 Å². The predicted molar refractivity (Wildman–Crippen MR) is 78.2 cm³/mol. The van der Waals surface area contributed by atoms with Crippen LogP contribution in [0.15, 0.2) is 24.3 Å². The van der Waals surface area contributed by atoms with Crippen molar-refractivity contribution >= 4 is 17.5 Å². The van der Waals surface area contributed by atoms with Crippen LogP contribution < -0.4 is 10.1 Å².